The molecule has 1 aromatic carbocycles. The van der Waals surface area contributed by atoms with Crippen LogP contribution in [0.5, 0.6) is 0 Å². The van der Waals surface area contributed by atoms with Crippen LogP contribution >= 0.6 is 0 Å². The number of rotatable bonds is 7. The van der Waals surface area contributed by atoms with Gasteiger partial charge in [-0.15, -0.1) is 0 Å². The van der Waals surface area contributed by atoms with Gasteiger partial charge in [-0.05, 0) is 30.0 Å². The van der Waals surface area contributed by atoms with Crippen LogP contribution in [0.2, 0.25) is 0 Å². The molecule has 5 heteroatoms. The maximum atomic E-state index is 10.8. The number of hydrogen-bond acceptors (Lipinski definition) is 3. The van der Waals surface area contributed by atoms with Crippen molar-refractivity contribution in [1.82, 2.24) is 0 Å². The number of carboxylic acids is 2. The molecule has 0 saturated carbocycles. The Morgan fingerprint density at radius 3 is 1.95 bits per heavy atom. The van der Waals surface area contributed by atoms with Gasteiger partial charge in [0.1, 0.15) is 13.1 Å². The highest BCUT2D eigenvalue weighted by molar-refractivity contribution is 5.79. The van der Waals surface area contributed by atoms with Crippen LogP contribution in [0.15, 0.2) is 24.3 Å². The SMILES string of the molecule is CCC(C)c1ccc(N(CC(=O)O)CC(=O)O)cc1. The first-order valence-electron chi connectivity index (χ1n) is 6.22. The Labute approximate surface area is 112 Å². The van der Waals surface area contributed by atoms with E-state index in [1.165, 1.54) is 4.90 Å². The maximum Gasteiger partial charge on any atom is 0.323 e. The molecule has 0 radical (unpaired) electrons. The predicted octanol–water partition coefficient (Wildman–Crippen LogP) is 2.18. The summed E-state index contributed by atoms with van der Waals surface area (Å²) >= 11 is 0. The molecule has 19 heavy (non-hydrogen) atoms. The number of aliphatic carboxylic acids is 2. The molecular formula is C14H19NO4. The molecule has 1 atom stereocenters. The zero-order valence-corrected chi connectivity index (χ0v) is 11.2. The molecule has 104 valence electrons. The lowest BCUT2D eigenvalue weighted by Gasteiger charge is -2.21. The van der Waals surface area contributed by atoms with Crippen molar-refractivity contribution in [2.24, 2.45) is 0 Å². The van der Waals surface area contributed by atoms with E-state index in [1.807, 2.05) is 12.1 Å². The highest BCUT2D eigenvalue weighted by Gasteiger charge is 2.14. The predicted molar refractivity (Wildman–Crippen MR) is 72.6 cm³/mol. The van der Waals surface area contributed by atoms with E-state index in [-0.39, 0.29) is 13.1 Å². The van der Waals surface area contributed by atoms with Crippen LogP contribution in [0.4, 0.5) is 5.69 Å². The number of benzene rings is 1. The van der Waals surface area contributed by atoms with Gasteiger partial charge >= 0.3 is 11.9 Å². The third kappa shape index (κ3) is 4.62. The fraction of sp³-hybridized carbons (Fsp3) is 0.429. The number of carbonyl (C=O) groups is 2. The molecule has 1 unspecified atom stereocenters. The van der Waals surface area contributed by atoms with Gasteiger partial charge in [-0.1, -0.05) is 26.0 Å². The fourth-order valence-corrected chi connectivity index (χ4v) is 1.81. The molecule has 0 heterocycles. The van der Waals surface area contributed by atoms with Gasteiger partial charge in [0.15, 0.2) is 0 Å². The summed E-state index contributed by atoms with van der Waals surface area (Å²) in [5.41, 5.74) is 1.77. The molecule has 1 aromatic rings. The van der Waals surface area contributed by atoms with Crippen molar-refractivity contribution in [3.05, 3.63) is 29.8 Å². The molecule has 0 fully saturated rings. The van der Waals surface area contributed by atoms with Crippen molar-refractivity contribution in [2.45, 2.75) is 26.2 Å². The average molecular weight is 265 g/mol. The molecule has 0 amide bonds. The molecule has 2 N–H and O–H groups in total. The van der Waals surface area contributed by atoms with Crippen LogP contribution < -0.4 is 4.90 Å². The van der Waals surface area contributed by atoms with E-state index in [2.05, 4.69) is 13.8 Å². The maximum absolute atomic E-state index is 10.8. The summed E-state index contributed by atoms with van der Waals surface area (Å²) in [6, 6.07) is 7.38. The summed E-state index contributed by atoms with van der Waals surface area (Å²) in [7, 11) is 0. The van der Waals surface area contributed by atoms with E-state index < -0.39 is 11.9 Å². The second kappa shape index (κ2) is 6.78. The van der Waals surface area contributed by atoms with Crippen molar-refractivity contribution < 1.29 is 19.8 Å². The molecule has 5 nitrogen and oxygen atoms in total. The Morgan fingerprint density at radius 1 is 1.11 bits per heavy atom. The molecule has 0 aliphatic rings. The van der Waals surface area contributed by atoms with E-state index in [0.29, 0.717) is 11.6 Å². The van der Waals surface area contributed by atoms with Gasteiger partial charge in [0.2, 0.25) is 0 Å². The summed E-state index contributed by atoms with van der Waals surface area (Å²) < 4.78 is 0. The van der Waals surface area contributed by atoms with E-state index in [9.17, 15) is 9.59 Å². The van der Waals surface area contributed by atoms with Gasteiger partial charge in [-0.25, -0.2) is 0 Å². The van der Waals surface area contributed by atoms with Crippen LogP contribution in [0, 0.1) is 0 Å². The van der Waals surface area contributed by atoms with Crippen molar-refractivity contribution in [3.8, 4) is 0 Å². The lowest BCUT2D eigenvalue weighted by atomic mass is 9.98. The van der Waals surface area contributed by atoms with Crippen molar-refractivity contribution in [3.63, 3.8) is 0 Å². The van der Waals surface area contributed by atoms with E-state index >= 15 is 0 Å². The lowest BCUT2D eigenvalue weighted by molar-refractivity contribution is -0.136. The summed E-state index contributed by atoms with van der Waals surface area (Å²) in [6.45, 7) is 3.56. The summed E-state index contributed by atoms with van der Waals surface area (Å²) in [6.07, 6.45) is 1.02. The van der Waals surface area contributed by atoms with Gasteiger partial charge in [0.05, 0.1) is 0 Å². The Morgan fingerprint density at radius 2 is 1.58 bits per heavy atom. The number of hydrogen-bond donors (Lipinski definition) is 2. The Kier molecular flexibility index (Phi) is 5.36. The second-order valence-electron chi connectivity index (χ2n) is 4.54. The first-order chi connectivity index (χ1) is 8.93. The van der Waals surface area contributed by atoms with Crippen LogP contribution in [0.25, 0.3) is 0 Å². The Bertz CT molecular complexity index is 425. The minimum atomic E-state index is -1.05. The second-order valence-corrected chi connectivity index (χ2v) is 4.54. The first kappa shape index (κ1) is 15.0. The van der Waals surface area contributed by atoms with Crippen LogP contribution in [0.3, 0.4) is 0 Å². The number of carboxylic acid groups (broad SMARTS) is 2. The smallest absolute Gasteiger partial charge is 0.323 e. The van der Waals surface area contributed by atoms with Gasteiger partial charge < -0.3 is 15.1 Å². The third-order valence-electron chi connectivity index (χ3n) is 3.09. The zero-order chi connectivity index (χ0) is 14.4. The van der Waals surface area contributed by atoms with E-state index in [1.54, 1.807) is 12.1 Å². The zero-order valence-electron chi connectivity index (χ0n) is 11.2. The quantitative estimate of drug-likeness (QED) is 0.790. The van der Waals surface area contributed by atoms with Gasteiger partial charge in [0.25, 0.3) is 0 Å². The van der Waals surface area contributed by atoms with Crippen LogP contribution in [0.1, 0.15) is 31.7 Å². The average Bonchev–Trinajstić information content (AvgIpc) is 2.36. The number of anilines is 1. The monoisotopic (exact) mass is 265 g/mol. The topological polar surface area (TPSA) is 77.8 Å². The number of nitrogens with zero attached hydrogens (tertiary/aromatic N) is 1. The third-order valence-corrected chi connectivity index (χ3v) is 3.09. The van der Waals surface area contributed by atoms with Gasteiger partial charge in [0, 0.05) is 5.69 Å². The van der Waals surface area contributed by atoms with Crippen LogP contribution in [-0.4, -0.2) is 35.2 Å². The lowest BCUT2D eigenvalue weighted by Crippen LogP contribution is -2.34. The minimum absolute atomic E-state index is 0.324. The minimum Gasteiger partial charge on any atom is -0.480 e. The largest absolute Gasteiger partial charge is 0.480 e. The van der Waals surface area contributed by atoms with Crippen molar-refractivity contribution >= 4 is 17.6 Å². The van der Waals surface area contributed by atoms with Crippen molar-refractivity contribution in [2.75, 3.05) is 18.0 Å². The fourth-order valence-electron chi connectivity index (χ4n) is 1.81. The van der Waals surface area contributed by atoms with Crippen molar-refractivity contribution in [1.29, 1.82) is 0 Å². The highest BCUT2D eigenvalue weighted by atomic mass is 16.4. The molecule has 0 bridgehead atoms. The van der Waals surface area contributed by atoms with E-state index in [4.69, 9.17) is 10.2 Å². The van der Waals surface area contributed by atoms with Gasteiger partial charge in [-0.2, -0.15) is 0 Å². The molecular weight excluding hydrogens is 246 g/mol. The molecule has 0 aliphatic carbocycles. The Balaban J connectivity index is 2.89. The summed E-state index contributed by atoms with van der Waals surface area (Å²) in [4.78, 5) is 22.8. The summed E-state index contributed by atoms with van der Waals surface area (Å²) in [5.74, 6) is -1.67. The first-order valence-corrected chi connectivity index (χ1v) is 6.22. The standard InChI is InChI=1S/C14H19NO4/c1-3-10(2)11-4-6-12(7-5-11)15(8-13(16)17)9-14(18)19/h4-7,10H,3,8-9H2,1-2H3,(H,16,17)(H,18,19). The molecule has 0 spiro atoms. The molecule has 0 aromatic heterocycles. The molecule has 0 aliphatic heterocycles. The molecule has 1 rings (SSSR count). The molecule has 0 saturated heterocycles. The van der Waals surface area contributed by atoms with E-state index in [0.717, 1.165) is 12.0 Å². The summed E-state index contributed by atoms with van der Waals surface area (Å²) in [5, 5.41) is 17.6. The normalized spacial score (nSPS) is 11.9. The van der Waals surface area contributed by atoms with Crippen LogP contribution in [-0.2, 0) is 9.59 Å². The highest BCUT2D eigenvalue weighted by Crippen LogP contribution is 2.22. The Hall–Kier alpha value is -2.04. The van der Waals surface area contributed by atoms with Gasteiger partial charge in [-0.3, -0.25) is 9.59 Å².